The van der Waals surface area contributed by atoms with Gasteiger partial charge >= 0.3 is 12.1 Å². The molecule has 3 saturated heterocycles. The molecule has 0 radical (unpaired) electrons. The van der Waals surface area contributed by atoms with Crippen molar-refractivity contribution in [1.29, 1.82) is 0 Å². The number of para-hydroxylation sites is 1. The number of pyridine rings is 1. The Hall–Kier alpha value is -5.49. The van der Waals surface area contributed by atoms with Crippen molar-refractivity contribution in [3.05, 3.63) is 147 Å². The number of aromatic carboxylic acids is 1. The summed E-state index contributed by atoms with van der Waals surface area (Å²) in [4.78, 5) is 30.7. The summed E-state index contributed by atoms with van der Waals surface area (Å²) >= 11 is 13.3. The molecule has 57 heavy (non-hydrogen) atoms. The van der Waals surface area contributed by atoms with Crippen LogP contribution in [-0.4, -0.2) is 67.2 Å². The number of fused-ring (bicyclic) bond motifs is 3. The minimum atomic E-state index is -1.12. The van der Waals surface area contributed by atoms with Gasteiger partial charge in [-0.1, -0.05) is 71.7 Å². The van der Waals surface area contributed by atoms with Gasteiger partial charge in [-0.15, -0.1) is 0 Å². The van der Waals surface area contributed by atoms with Crippen LogP contribution >= 0.6 is 23.2 Å². The Morgan fingerprint density at radius 1 is 0.895 bits per heavy atom. The zero-order valence-corrected chi connectivity index (χ0v) is 33.2. The number of carboxylic acid groups (broad SMARTS) is 1. The van der Waals surface area contributed by atoms with Crippen molar-refractivity contribution in [2.24, 2.45) is 5.92 Å². The van der Waals surface area contributed by atoms with Gasteiger partial charge < -0.3 is 24.1 Å². The maximum Gasteiger partial charge on any atom is 0.414 e. The number of carboxylic acids is 1. The Morgan fingerprint density at radius 2 is 1.61 bits per heavy atom. The molecule has 0 unspecified atom stereocenters. The lowest BCUT2D eigenvalue weighted by Crippen LogP contribution is -2.53. The normalized spacial score (nSPS) is 17.7. The fourth-order valence-corrected chi connectivity index (χ4v) is 8.52. The topological polar surface area (TPSA) is 122 Å². The van der Waals surface area contributed by atoms with E-state index in [1.807, 2.05) is 66.7 Å². The smallest absolute Gasteiger partial charge is 0.414 e. The average Bonchev–Trinajstić information content (AvgIpc) is 3.22. The maximum absolute atomic E-state index is 13.8. The minimum absolute atomic E-state index is 0.0145. The first-order chi connectivity index (χ1) is 27.6. The standard InChI is InChI=1S/C44H43Cl2N3O8/c1-54-39-15-14-30(21-40(39)55-2)35(22-36-37(45)24-48(53)25-38(36)46)42-31(9-7-13-34(42)43(50)51)27-56-33-12-6-8-28(20-33)23-49(32-10-4-3-5-11-32)44(52)57-41-26-47-18-16-29(41)17-19-47/h3-15,20-21,24-25,29,35,41H,16-19,22-23,26-27H2,1-2H3,(H-,50,51,53)/p+1/t35-,41-/m0/s1. The molecule has 0 aliphatic carbocycles. The lowest BCUT2D eigenvalue weighted by Gasteiger charge is -2.44. The number of amides is 1. The van der Waals surface area contributed by atoms with Crippen LogP contribution in [0.1, 0.15) is 56.9 Å². The van der Waals surface area contributed by atoms with Gasteiger partial charge in [-0.25, -0.2) is 9.59 Å². The third kappa shape index (κ3) is 9.06. The van der Waals surface area contributed by atoms with Gasteiger partial charge in [0, 0.05) is 28.4 Å². The number of halogens is 2. The van der Waals surface area contributed by atoms with Gasteiger partial charge in [0.25, 0.3) is 0 Å². The van der Waals surface area contributed by atoms with Gasteiger partial charge in [0.15, 0.2) is 11.5 Å². The van der Waals surface area contributed by atoms with Crippen LogP contribution < -0.4 is 23.8 Å². The summed E-state index contributed by atoms with van der Waals surface area (Å²) in [7, 11) is 3.07. The van der Waals surface area contributed by atoms with E-state index in [4.69, 9.17) is 42.1 Å². The molecule has 2 N–H and O–H groups in total. The van der Waals surface area contributed by atoms with Gasteiger partial charge in [0.1, 0.15) is 28.5 Å². The van der Waals surface area contributed by atoms with Crippen LogP contribution in [0.15, 0.2) is 103 Å². The van der Waals surface area contributed by atoms with E-state index < -0.39 is 18.0 Å². The number of anilines is 1. The predicted molar refractivity (Wildman–Crippen MR) is 215 cm³/mol. The molecule has 1 amide bonds. The molecule has 3 fully saturated rings. The van der Waals surface area contributed by atoms with Gasteiger partial charge in [0.05, 0.1) is 26.3 Å². The Labute approximate surface area is 341 Å². The Kier molecular flexibility index (Phi) is 12.4. The van der Waals surface area contributed by atoms with Crippen LogP contribution in [0.2, 0.25) is 10.0 Å². The van der Waals surface area contributed by atoms with Crippen LogP contribution in [-0.2, 0) is 24.3 Å². The number of hydrogen-bond acceptors (Lipinski definition) is 8. The lowest BCUT2D eigenvalue weighted by atomic mass is 9.81. The molecule has 2 bridgehead atoms. The summed E-state index contributed by atoms with van der Waals surface area (Å²) < 4.78 is 24.5. The van der Waals surface area contributed by atoms with Gasteiger partial charge in [-0.2, -0.15) is 0 Å². The summed E-state index contributed by atoms with van der Waals surface area (Å²) in [5, 5.41) is 21.0. The molecule has 296 valence electrons. The second-order valence-corrected chi connectivity index (χ2v) is 15.1. The third-order valence-corrected chi connectivity index (χ3v) is 11.5. The fourth-order valence-electron chi connectivity index (χ4n) is 7.92. The summed E-state index contributed by atoms with van der Waals surface area (Å²) in [6, 6.07) is 27.4. The molecule has 0 spiro atoms. The molecule has 2 atom stereocenters. The Bertz CT molecular complexity index is 2210. The van der Waals surface area contributed by atoms with Gasteiger partial charge in [0.2, 0.25) is 12.4 Å². The van der Waals surface area contributed by atoms with E-state index in [2.05, 4.69) is 4.90 Å². The van der Waals surface area contributed by atoms with E-state index >= 15 is 0 Å². The van der Waals surface area contributed by atoms with E-state index in [0.717, 1.165) is 48.5 Å². The van der Waals surface area contributed by atoms with Crippen molar-refractivity contribution in [2.75, 3.05) is 38.8 Å². The molecule has 4 heterocycles. The summed E-state index contributed by atoms with van der Waals surface area (Å²) in [6.07, 6.45) is 4.36. The highest BCUT2D eigenvalue weighted by Gasteiger charge is 2.37. The number of methoxy groups -OCH3 is 2. The largest absolute Gasteiger partial charge is 0.493 e. The minimum Gasteiger partial charge on any atom is -0.493 e. The van der Waals surface area contributed by atoms with Gasteiger partial charge in [-0.3, -0.25) is 15.0 Å². The predicted octanol–water partition coefficient (Wildman–Crippen LogP) is 8.42. The number of ether oxygens (including phenoxy) is 4. The summed E-state index contributed by atoms with van der Waals surface area (Å²) in [6.45, 7) is 3.12. The molecule has 4 aromatic carbocycles. The molecule has 0 saturated carbocycles. The third-order valence-electron chi connectivity index (χ3n) is 10.8. The van der Waals surface area contributed by atoms with Crippen molar-refractivity contribution < 1.29 is 43.6 Å². The maximum atomic E-state index is 13.8. The van der Waals surface area contributed by atoms with E-state index in [-0.39, 0.29) is 41.3 Å². The van der Waals surface area contributed by atoms with E-state index in [0.29, 0.717) is 45.4 Å². The average molecular weight is 814 g/mol. The molecule has 11 nitrogen and oxygen atoms in total. The molecular formula is C44H44Cl2N3O8+. The number of carbonyl (C=O) groups excluding carboxylic acids is 1. The van der Waals surface area contributed by atoms with E-state index in [1.165, 1.54) is 26.6 Å². The zero-order valence-electron chi connectivity index (χ0n) is 31.6. The molecule has 5 aromatic rings. The summed E-state index contributed by atoms with van der Waals surface area (Å²) in [5.74, 6) is 0.126. The number of carbonyl (C=O) groups is 2. The fraction of sp³-hybridized carbons (Fsp3) is 0.295. The Balaban J connectivity index is 1.19. The Morgan fingerprint density at radius 3 is 2.28 bits per heavy atom. The lowest BCUT2D eigenvalue weighted by molar-refractivity contribution is -0.904. The SMILES string of the molecule is COc1ccc([C@H](Cc2c(Cl)c[n+](O)cc2Cl)c2c(COc3cccc(CN(C(=O)O[C@H]4CN5CCC4CC5)c4ccccc4)c3)cccc2C(=O)O)cc1OC. The van der Waals surface area contributed by atoms with Crippen LogP contribution in [0.3, 0.4) is 0 Å². The molecular weight excluding hydrogens is 769 g/mol. The monoisotopic (exact) mass is 812 g/mol. The van der Waals surface area contributed by atoms with Crippen LogP contribution in [0.4, 0.5) is 10.5 Å². The first-order valence-corrected chi connectivity index (χ1v) is 19.5. The molecule has 3 aliphatic rings. The number of benzene rings is 4. The van der Waals surface area contributed by atoms with Crippen LogP contribution in [0.5, 0.6) is 17.2 Å². The second kappa shape index (κ2) is 17.8. The zero-order chi connectivity index (χ0) is 40.1. The van der Waals surface area contributed by atoms with Crippen molar-refractivity contribution in [3.63, 3.8) is 0 Å². The molecule has 13 heteroatoms. The molecule has 3 aliphatic heterocycles. The van der Waals surface area contributed by atoms with Crippen molar-refractivity contribution >= 4 is 41.0 Å². The summed E-state index contributed by atoms with van der Waals surface area (Å²) in [5.41, 5.74) is 3.95. The van der Waals surface area contributed by atoms with Crippen LogP contribution in [0.25, 0.3) is 0 Å². The van der Waals surface area contributed by atoms with Crippen LogP contribution in [0, 0.1) is 5.92 Å². The van der Waals surface area contributed by atoms with Crippen molar-refractivity contribution in [1.82, 2.24) is 4.90 Å². The second-order valence-electron chi connectivity index (χ2n) is 14.3. The number of hydrogen-bond donors (Lipinski definition) is 2. The van der Waals surface area contributed by atoms with E-state index in [9.17, 15) is 19.9 Å². The highest BCUT2D eigenvalue weighted by molar-refractivity contribution is 6.35. The highest BCUT2D eigenvalue weighted by Crippen LogP contribution is 2.40. The first-order valence-electron chi connectivity index (χ1n) is 18.7. The number of nitrogens with zero attached hydrogens (tertiary/aromatic N) is 3. The van der Waals surface area contributed by atoms with Crippen molar-refractivity contribution in [2.45, 2.75) is 44.4 Å². The molecule has 8 rings (SSSR count). The van der Waals surface area contributed by atoms with E-state index in [1.54, 1.807) is 29.2 Å². The number of rotatable bonds is 14. The van der Waals surface area contributed by atoms with Crippen molar-refractivity contribution in [3.8, 4) is 17.2 Å². The number of aromatic nitrogens is 1. The number of piperidine rings is 3. The quantitative estimate of drug-likeness (QED) is 0.0841. The highest BCUT2D eigenvalue weighted by atomic mass is 35.5. The first kappa shape index (κ1) is 39.7. The molecule has 1 aromatic heterocycles. The van der Waals surface area contributed by atoms with Gasteiger partial charge in [-0.05, 0) is 103 Å².